The molecule has 0 amide bonds. The van der Waals surface area contributed by atoms with Gasteiger partial charge >= 0.3 is 0 Å². The standard InChI is InChI=1S/C15H27N/c1-11(2)14(12-4-5-12)16-10-15(8-3-9-15)13-6-7-13/h11-14,16H,3-10H2,1-2H3. The Morgan fingerprint density at radius 1 is 1.12 bits per heavy atom. The van der Waals surface area contributed by atoms with E-state index in [1.165, 1.54) is 51.5 Å². The zero-order chi connectivity index (χ0) is 11.2. The molecule has 3 aliphatic rings. The van der Waals surface area contributed by atoms with Crippen LogP contribution in [0.3, 0.4) is 0 Å². The second kappa shape index (κ2) is 4.01. The number of hydrogen-bond acceptors (Lipinski definition) is 1. The third-order valence-corrected chi connectivity index (χ3v) is 5.33. The molecule has 0 aliphatic heterocycles. The molecule has 1 atom stereocenters. The highest BCUT2D eigenvalue weighted by Gasteiger charge is 2.49. The van der Waals surface area contributed by atoms with Crippen molar-refractivity contribution < 1.29 is 0 Å². The molecular weight excluding hydrogens is 194 g/mol. The zero-order valence-electron chi connectivity index (χ0n) is 11.0. The molecule has 1 nitrogen and oxygen atoms in total. The molecule has 0 aromatic rings. The molecule has 3 aliphatic carbocycles. The van der Waals surface area contributed by atoms with Gasteiger partial charge in [-0.05, 0) is 61.7 Å². The van der Waals surface area contributed by atoms with E-state index in [-0.39, 0.29) is 0 Å². The second-order valence-corrected chi connectivity index (χ2v) is 6.98. The van der Waals surface area contributed by atoms with E-state index < -0.39 is 0 Å². The molecule has 0 aromatic carbocycles. The Hall–Kier alpha value is -0.0400. The highest BCUT2D eigenvalue weighted by Crippen LogP contribution is 2.56. The molecule has 0 saturated heterocycles. The third-order valence-electron chi connectivity index (χ3n) is 5.33. The van der Waals surface area contributed by atoms with Crippen LogP contribution in [0.25, 0.3) is 0 Å². The average molecular weight is 221 g/mol. The van der Waals surface area contributed by atoms with Crippen molar-refractivity contribution in [1.82, 2.24) is 5.32 Å². The topological polar surface area (TPSA) is 12.0 Å². The summed E-state index contributed by atoms with van der Waals surface area (Å²) in [5.74, 6) is 2.93. The van der Waals surface area contributed by atoms with Crippen molar-refractivity contribution in [3.63, 3.8) is 0 Å². The summed E-state index contributed by atoms with van der Waals surface area (Å²) in [5.41, 5.74) is 0.752. The van der Waals surface area contributed by atoms with Gasteiger partial charge in [0.2, 0.25) is 0 Å². The van der Waals surface area contributed by atoms with Crippen LogP contribution in [0.2, 0.25) is 0 Å². The van der Waals surface area contributed by atoms with Crippen LogP contribution in [0, 0.1) is 23.2 Å². The minimum Gasteiger partial charge on any atom is -0.313 e. The van der Waals surface area contributed by atoms with Crippen LogP contribution in [0.5, 0.6) is 0 Å². The maximum Gasteiger partial charge on any atom is 0.0118 e. The van der Waals surface area contributed by atoms with Crippen molar-refractivity contribution in [2.75, 3.05) is 6.54 Å². The number of nitrogens with one attached hydrogen (secondary N) is 1. The highest BCUT2D eigenvalue weighted by molar-refractivity contribution is 5.02. The van der Waals surface area contributed by atoms with Crippen molar-refractivity contribution in [1.29, 1.82) is 0 Å². The second-order valence-electron chi connectivity index (χ2n) is 6.98. The fourth-order valence-electron chi connectivity index (χ4n) is 3.78. The Bertz CT molecular complexity index is 244. The van der Waals surface area contributed by atoms with Crippen molar-refractivity contribution in [2.45, 2.75) is 64.8 Å². The molecule has 0 radical (unpaired) electrons. The Balaban J connectivity index is 1.53. The van der Waals surface area contributed by atoms with Gasteiger partial charge in [-0.1, -0.05) is 20.3 Å². The lowest BCUT2D eigenvalue weighted by atomic mass is 9.65. The molecule has 1 unspecified atom stereocenters. The maximum absolute atomic E-state index is 3.95. The van der Waals surface area contributed by atoms with E-state index in [1.807, 2.05) is 0 Å². The molecule has 3 rings (SSSR count). The van der Waals surface area contributed by atoms with Crippen molar-refractivity contribution in [3.8, 4) is 0 Å². The van der Waals surface area contributed by atoms with Gasteiger partial charge in [-0.2, -0.15) is 0 Å². The monoisotopic (exact) mass is 221 g/mol. The summed E-state index contributed by atoms with van der Waals surface area (Å²) < 4.78 is 0. The predicted molar refractivity (Wildman–Crippen MR) is 68.4 cm³/mol. The minimum absolute atomic E-state index is 0.752. The number of hydrogen-bond donors (Lipinski definition) is 1. The Labute approximate surface area is 100 Å². The summed E-state index contributed by atoms with van der Waals surface area (Å²) in [6, 6.07) is 0.816. The Morgan fingerprint density at radius 3 is 2.19 bits per heavy atom. The van der Waals surface area contributed by atoms with Crippen LogP contribution in [-0.2, 0) is 0 Å². The van der Waals surface area contributed by atoms with E-state index in [2.05, 4.69) is 19.2 Å². The predicted octanol–water partition coefficient (Wildman–Crippen LogP) is 3.59. The van der Waals surface area contributed by atoms with Gasteiger partial charge in [0, 0.05) is 12.6 Å². The highest BCUT2D eigenvalue weighted by atomic mass is 15.0. The number of rotatable bonds is 6. The smallest absolute Gasteiger partial charge is 0.0118 e. The molecule has 16 heavy (non-hydrogen) atoms. The van der Waals surface area contributed by atoms with E-state index in [1.54, 1.807) is 0 Å². The maximum atomic E-state index is 3.95. The van der Waals surface area contributed by atoms with Crippen molar-refractivity contribution >= 4 is 0 Å². The molecule has 92 valence electrons. The van der Waals surface area contributed by atoms with Crippen LogP contribution in [0.1, 0.15) is 58.8 Å². The van der Waals surface area contributed by atoms with Gasteiger partial charge in [0.05, 0.1) is 0 Å². The molecule has 3 fully saturated rings. The van der Waals surface area contributed by atoms with Crippen molar-refractivity contribution in [3.05, 3.63) is 0 Å². The summed E-state index contributed by atoms with van der Waals surface area (Å²) in [7, 11) is 0. The van der Waals surface area contributed by atoms with Gasteiger partial charge in [0.1, 0.15) is 0 Å². The first kappa shape index (κ1) is 11.1. The fourth-order valence-corrected chi connectivity index (χ4v) is 3.78. The first-order valence-electron chi connectivity index (χ1n) is 7.45. The largest absolute Gasteiger partial charge is 0.313 e. The summed E-state index contributed by atoms with van der Waals surface area (Å²) in [5, 5.41) is 3.95. The molecule has 0 heterocycles. The quantitative estimate of drug-likeness (QED) is 0.723. The van der Waals surface area contributed by atoms with Crippen LogP contribution < -0.4 is 5.32 Å². The zero-order valence-corrected chi connectivity index (χ0v) is 11.0. The Morgan fingerprint density at radius 2 is 1.81 bits per heavy atom. The van der Waals surface area contributed by atoms with Crippen LogP contribution in [0.15, 0.2) is 0 Å². The van der Waals surface area contributed by atoms with Crippen LogP contribution >= 0.6 is 0 Å². The molecule has 0 aromatic heterocycles. The minimum atomic E-state index is 0.752. The molecule has 0 spiro atoms. The Kier molecular flexibility index (Phi) is 2.78. The molecule has 1 N–H and O–H groups in total. The van der Waals surface area contributed by atoms with E-state index in [0.717, 1.165) is 29.2 Å². The summed E-state index contributed by atoms with van der Waals surface area (Å²) in [6.07, 6.45) is 10.5. The lowest BCUT2D eigenvalue weighted by Crippen LogP contribution is -2.47. The lowest BCUT2D eigenvalue weighted by molar-refractivity contribution is 0.0896. The van der Waals surface area contributed by atoms with Crippen LogP contribution in [0.4, 0.5) is 0 Å². The first-order valence-corrected chi connectivity index (χ1v) is 7.45. The van der Waals surface area contributed by atoms with Gasteiger partial charge in [-0.3, -0.25) is 0 Å². The first-order chi connectivity index (χ1) is 7.71. The normalized spacial score (nSPS) is 30.2. The molecular formula is C15H27N. The van der Waals surface area contributed by atoms with Gasteiger partial charge in [-0.15, -0.1) is 0 Å². The molecule has 0 bridgehead atoms. The van der Waals surface area contributed by atoms with Crippen molar-refractivity contribution in [2.24, 2.45) is 23.2 Å². The van der Waals surface area contributed by atoms with Crippen LogP contribution in [-0.4, -0.2) is 12.6 Å². The SMILES string of the molecule is CC(C)C(NCC1(C2CC2)CCC1)C1CC1. The van der Waals surface area contributed by atoms with E-state index in [9.17, 15) is 0 Å². The van der Waals surface area contributed by atoms with Gasteiger partial charge in [-0.25, -0.2) is 0 Å². The molecule has 1 heteroatoms. The van der Waals surface area contributed by atoms with E-state index >= 15 is 0 Å². The van der Waals surface area contributed by atoms with Gasteiger partial charge in [0.15, 0.2) is 0 Å². The average Bonchev–Trinajstić information content (AvgIpc) is 2.96. The van der Waals surface area contributed by atoms with Gasteiger partial charge < -0.3 is 5.32 Å². The summed E-state index contributed by atoms with van der Waals surface area (Å²) in [4.78, 5) is 0. The molecule has 3 saturated carbocycles. The van der Waals surface area contributed by atoms with Gasteiger partial charge in [0.25, 0.3) is 0 Å². The van der Waals surface area contributed by atoms with E-state index in [0.29, 0.717) is 0 Å². The third kappa shape index (κ3) is 2.03. The fraction of sp³-hybridized carbons (Fsp3) is 1.00. The van der Waals surface area contributed by atoms with E-state index in [4.69, 9.17) is 0 Å². The summed E-state index contributed by atoms with van der Waals surface area (Å²) >= 11 is 0. The summed E-state index contributed by atoms with van der Waals surface area (Å²) in [6.45, 7) is 6.11. The lowest BCUT2D eigenvalue weighted by Gasteiger charge is -2.44.